The summed E-state index contributed by atoms with van der Waals surface area (Å²) in [6.45, 7) is 3.57. The van der Waals surface area contributed by atoms with E-state index in [4.69, 9.17) is 0 Å². The molecule has 0 aromatic rings. The molecule has 0 spiro atoms. The summed E-state index contributed by atoms with van der Waals surface area (Å²) in [5.41, 5.74) is 0. The van der Waals surface area contributed by atoms with Gasteiger partial charge in [-0.1, -0.05) is 19.7 Å². The second-order valence-corrected chi connectivity index (χ2v) is 1.42. The zero-order valence-electron chi connectivity index (χ0n) is 4.64. The lowest BCUT2D eigenvalue weighted by Crippen LogP contribution is -2.27. The van der Waals surface area contributed by atoms with Crippen LogP contribution in [0.15, 0.2) is 0 Å². The monoisotopic (exact) mass is 133 g/mol. The van der Waals surface area contributed by atoms with Crippen molar-refractivity contribution in [2.75, 3.05) is 0 Å². The molecule has 0 unspecified atom stereocenters. The molecule has 47 valence electrons. The first-order chi connectivity index (χ1) is 3.81. The van der Waals surface area contributed by atoms with Crippen molar-refractivity contribution < 1.29 is 4.79 Å². The summed E-state index contributed by atoms with van der Waals surface area (Å²) in [7, 11) is 0. The van der Waals surface area contributed by atoms with E-state index in [1.807, 2.05) is 6.92 Å². The van der Waals surface area contributed by atoms with Gasteiger partial charge in [-0.3, -0.25) is 4.72 Å². The van der Waals surface area contributed by atoms with E-state index in [9.17, 15) is 4.79 Å². The van der Waals surface area contributed by atoms with E-state index in [1.165, 1.54) is 0 Å². The lowest BCUT2D eigenvalue weighted by atomic mass is 10.5. The van der Waals surface area contributed by atoms with Gasteiger partial charge in [0.1, 0.15) is 0 Å². The molecule has 0 heterocycles. The molecular weight excluding hydrogens is 124 g/mol. The van der Waals surface area contributed by atoms with Crippen LogP contribution in [0.1, 0.15) is 13.3 Å². The van der Waals surface area contributed by atoms with Crippen molar-refractivity contribution in [3.63, 3.8) is 0 Å². The van der Waals surface area contributed by atoms with Gasteiger partial charge in [0.05, 0.1) is 6.54 Å². The Morgan fingerprint density at radius 1 is 1.88 bits per heavy atom. The summed E-state index contributed by atoms with van der Waals surface area (Å²) in [5, 5.41) is 2.43. The average Bonchev–Trinajstić information content (AvgIpc) is 1.83. The largest absolute Gasteiger partial charge is 0.333 e. The lowest BCUT2D eigenvalue weighted by Gasteiger charge is -1.97. The Morgan fingerprint density at radius 2 is 2.50 bits per heavy atom. The second-order valence-electron chi connectivity index (χ2n) is 1.20. The van der Waals surface area contributed by atoms with Crippen LogP contribution < -0.4 is 10.0 Å². The van der Waals surface area contributed by atoms with Crippen molar-refractivity contribution in [1.82, 2.24) is 10.0 Å². The molecule has 0 fully saturated rings. The summed E-state index contributed by atoms with van der Waals surface area (Å²) < 4.78 is 2.11. The van der Waals surface area contributed by atoms with Crippen LogP contribution in [0.5, 0.6) is 0 Å². The Balaban J connectivity index is 2.99. The van der Waals surface area contributed by atoms with Crippen molar-refractivity contribution in [1.29, 1.82) is 0 Å². The van der Waals surface area contributed by atoms with Crippen LogP contribution in [0.3, 0.4) is 0 Å². The van der Waals surface area contributed by atoms with Crippen LogP contribution in [0.4, 0.5) is 4.79 Å². The van der Waals surface area contributed by atoms with Gasteiger partial charge >= 0.3 is 6.03 Å². The van der Waals surface area contributed by atoms with Gasteiger partial charge in [0.25, 0.3) is 0 Å². The number of carbonyl (C=O) groups excluding carboxylic acids is 1. The van der Waals surface area contributed by atoms with E-state index in [1.54, 1.807) is 6.54 Å². The molecule has 0 aliphatic heterocycles. The third kappa shape index (κ3) is 3.80. The van der Waals surface area contributed by atoms with E-state index in [0.717, 1.165) is 6.42 Å². The number of amides is 2. The van der Waals surface area contributed by atoms with Gasteiger partial charge in [0, 0.05) is 0 Å². The molecule has 4 heteroatoms. The number of nitrogens with one attached hydrogen (secondary N) is 2. The van der Waals surface area contributed by atoms with Gasteiger partial charge in [0.2, 0.25) is 0 Å². The second kappa shape index (κ2) is 4.77. The molecule has 3 nitrogen and oxygen atoms in total. The third-order valence-corrected chi connectivity index (χ3v) is 0.742. The lowest BCUT2D eigenvalue weighted by molar-refractivity contribution is 0.248. The van der Waals surface area contributed by atoms with Gasteiger partial charge in [-0.05, 0) is 6.42 Å². The first-order valence-corrected chi connectivity index (χ1v) is 2.78. The molecule has 0 atom stereocenters. The zero-order valence-corrected chi connectivity index (χ0v) is 5.53. The van der Waals surface area contributed by atoms with Crippen molar-refractivity contribution in [3.8, 4) is 0 Å². The molecule has 0 aliphatic rings. The van der Waals surface area contributed by atoms with Crippen LogP contribution in [-0.2, 0) is 0 Å². The number of hydrogen-bond donors (Lipinski definition) is 3. The first-order valence-electron chi connectivity index (χ1n) is 2.33. The Hall–Kier alpha value is -0.380. The maximum atomic E-state index is 10.2. The van der Waals surface area contributed by atoms with Crippen molar-refractivity contribution in [3.05, 3.63) is 6.54 Å². The number of urea groups is 1. The maximum Gasteiger partial charge on any atom is 0.324 e. The Labute approximate surface area is 54.4 Å². The SMILES string of the molecule is CC[CH]NC(=O)NS. The predicted molar refractivity (Wildman–Crippen MR) is 35.2 cm³/mol. The fourth-order valence-electron chi connectivity index (χ4n) is 0.227. The summed E-state index contributed by atoms with van der Waals surface area (Å²) in [6, 6.07) is -0.296. The van der Waals surface area contributed by atoms with E-state index in [0.29, 0.717) is 0 Å². The minimum atomic E-state index is -0.296. The van der Waals surface area contributed by atoms with Crippen LogP contribution in [0, 0.1) is 6.54 Å². The molecular formula is C4H9N2OS. The number of hydrogen-bond acceptors (Lipinski definition) is 2. The first kappa shape index (κ1) is 7.62. The molecule has 0 saturated heterocycles. The molecule has 0 bridgehead atoms. The topological polar surface area (TPSA) is 41.1 Å². The molecule has 0 saturated carbocycles. The van der Waals surface area contributed by atoms with E-state index in [2.05, 4.69) is 22.9 Å². The smallest absolute Gasteiger partial charge is 0.324 e. The highest BCUT2D eigenvalue weighted by Gasteiger charge is 1.90. The summed E-state index contributed by atoms with van der Waals surface area (Å²) in [6.07, 6.45) is 0.821. The van der Waals surface area contributed by atoms with Crippen molar-refractivity contribution in [2.45, 2.75) is 13.3 Å². The molecule has 8 heavy (non-hydrogen) atoms. The molecule has 0 aliphatic carbocycles. The standard InChI is InChI=1S/C4H9N2OS/c1-2-3-5-4(7)6-8/h3,8H,2H2,1H3,(H2,5,6,7). The molecule has 1 radical (unpaired) electrons. The molecule has 0 rings (SSSR count). The number of rotatable bonds is 2. The normalized spacial score (nSPS) is 8.25. The van der Waals surface area contributed by atoms with Crippen LogP contribution in [0.2, 0.25) is 0 Å². The van der Waals surface area contributed by atoms with Crippen LogP contribution >= 0.6 is 12.8 Å². The van der Waals surface area contributed by atoms with Gasteiger partial charge in [-0.25, -0.2) is 4.79 Å². The zero-order chi connectivity index (χ0) is 6.41. The predicted octanol–water partition coefficient (Wildman–Crippen LogP) is 0.702. The molecule has 2 N–H and O–H groups in total. The minimum absolute atomic E-state index is 0.296. The maximum absolute atomic E-state index is 10.2. The highest BCUT2D eigenvalue weighted by Crippen LogP contribution is 1.76. The van der Waals surface area contributed by atoms with Gasteiger partial charge < -0.3 is 5.32 Å². The summed E-state index contributed by atoms with van der Waals surface area (Å²) in [4.78, 5) is 10.2. The molecule has 2 amide bonds. The highest BCUT2D eigenvalue weighted by molar-refractivity contribution is 7.78. The van der Waals surface area contributed by atoms with Gasteiger partial charge in [0.15, 0.2) is 0 Å². The van der Waals surface area contributed by atoms with E-state index < -0.39 is 0 Å². The Morgan fingerprint density at radius 3 is 2.88 bits per heavy atom. The van der Waals surface area contributed by atoms with Gasteiger partial charge in [-0.15, -0.1) is 0 Å². The van der Waals surface area contributed by atoms with Crippen molar-refractivity contribution in [2.24, 2.45) is 0 Å². The van der Waals surface area contributed by atoms with Crippen LogP contribution in [0.25, 0.3) is 0 Å². The molecule has 0 aromatic heterocycles. The summed E-state index contributed by atoms with van der Waals surface area (Å²) in [5.74, 6) is 0. The van der Waals surface area contributed by atoms with E-state index in [-0.39, 0.29) is 6.03 Å². The average molecular weight is 133 g/mol. The third-order valence-electron chi connectivity index (χ3n) is 0.539. The van der Waals surface area contributed by atoms with E-state index >= 15 is 0 Å². The Bertz CT molecular complexity index is 76.4. The minimum Gasteiger partial charge on any atom is -0.333 e. The number of thiol groups is 1. The molecule has 0 aromatic carbocycles. The fraction of sp³-hybridized carbons (Fsp3) is 0.500. The Kier molecular flexibility index (Phi) is 4.54. The quantitative estimate of drug-likeness (QED) is 0.477. The van der Waals surface area contributed by atoms with Crippen molar-refractivity contribution >= 4 is 18.8 Å². The fourth-order valence-corrected chi connectivity index (χ4v) is 0.292. The highest BCUT2D eigenvalue weighted by atomic mass is 32.1. The van der Waals surface area contributed by atoms with Gasteiger partial charge in [-0.2, -0.15) is 0 Å². The van der Waals surface area contributed by atoms with Crippen LogP contribution in [-0.4, -0.2) is 6.03 Å². The summed E-state index contributed by atoms with van der Waals surface area (Å²) >= 11 is 3.51. The number of carbonyl (C=O) groups is 1.